The van der Waals surface area contributed by atoms with Crippen molar-refractivity contribution in [2.75, 3.05) is 0 Å². The van der Waals surface area contributed by atoms with Crippen molar-refractivity contribution in [2.24, 2.45) is 0 Å². The second-order valence-corrected chi connectivity index (χ2v) is 5.28. The number of aliphatic carboxylic acids is 1. The Morgan fingerprint density at radius 3 is 2.71 bits per heavy atom. The molecule has 3 nitrogen and oxygen atoms in total. The molecular weight excluding hydrogens is 339 g/mol. The minimum atomic E-state index is -1.04. The van der Waals surface area contributed by atoms with Crippen molar-refractivity contribution < 1.29 is 19.0 Å². The van der Waals surface area contributed by atoms with Gasteiger partial charge in [-0.3, -0.25) is 0 Å². The average Bonchev–Trinajstić information content (AvgIpc) is 2.42. The lowest BCUT2D eigenvalue weighted by atomic mass is 10.2. The third-order valence-corrected chi connectivity index (χ3v) is 3.23. The van der Waals surface area contributed by atoms with Gasteiger partial charge in [-0.15, -0.1) is 0 Å². The summed E-state index contributed by atoms with van der Waals surface area (Å²) in [5.74, 6) is -0.381. The molecule has 2 aromatic carbocycles. The van der Waals surface area contributed by atoms with E-state index in [0.29, 0.717) is 22.6 Å². The van der Waals surface area contributed by atoms with Gasteiger partial charge >= 0.3 is 5.97 Å². The van der Waals surface area contributed by atoms with Gasteiger partial charge in [-0.05, 0) is 48.9 Å². The smallest absolute Gasteiger partial charge is 0.328 e. The van der Waals surface area contributed by atoms with Crippen LogP contribution >= 0.6 is 15.9 Å². The van der Waals surface area contributed by atoms with Crippen LogP contribution in [0.25, 0.3) is 6.08 Å². The molecule has 5 heteroatoms. The van der Waals surface area contributed by atoms with Crippen LogP contribution in [0.1, 0.15) is 11.1 Å². The summed E-state index contributed by atoms with van der Waals surface area (Å²) in [5.41, 5.74) is 1.09. The quantitative estimate of drug-likeness (QED) is 0.806. The van der Waals surface area contributed by atoms with E-state index in [9.17, 15) is 9.18 Å². The highest BCUT2D eigenvalue weighted by molar-refractivity contribution is 9.10. The van der Waals surface area contributed by atoms with Crippen LogP contribution in [0.5, 0.6) is 11.5 Å². The maximum absolute atomic E-state index is 13.3. The topological polar surface area (TPSA) is 46.5 Å². The lowest BCUT2D eigenvalue weighted by Gasteiger charge is -2.10. The first kappa shape index (κ1) is 15.3. The van der Waals surface area contributed by atoms with E-state index in [-0.39, 0.29) is 5.82 Å². The van der Waals surface area contributed by atoms with Crippen molar-refractivity contribution in [3.8, 4) is 11.5 Å². The van der Waals surface area contributed by atoms with Crippen LogP contribution in [0.4, 0.5) is 4.39 Å². The van der Waals surface area contributed by atoms with Crippen molar-refractivity contribution in [1.82, 2.24) is 0 Å². The first-order valence-electron chi connectivity index (χ1n) is 6.10. The largest absolute Gasteiger partial charge is 0.478 e. The van der Waals surface area contributed by atoms with E-state index in [2.05, 4.69) is 15.9 Å². The van der Waals surface area contributed by atoms with E-state index in [1.165, 1.54) is 18.2 Å². The number of ether oxygens (including phenoxy) is 1. The van der Waals surface area contributed by atoms with Crippen LogP contribution in [0, 0.1) is 12.7 Å². The predicted molar refractivity (Wildman–Crippen MR) is 82.0 cm³/mol. The Bertz CT molecular complexity index is 711. The van der Waals surface area contributed by atoms with Gasteiger partial charge in [0.05, 0.1) is 0 Å². The van der Waals surface area contributed by atoms with Crippen molar-refractivity contribution in [1.29, 1.82) is 0 Å². The molecule has 0 saturated carbocycles. The van der Waals surface area contributed by atoms with Gasteiger partial charge in [-0.2, -0.15) is 0 Å². The van der Waals surface area contributed by atoms with Crippen molar-refractivity contribution in [2.45, 2.75) is 6.92 Å². The molecule has 0 heterocycles. The Morgan fingerprint density at radius 1 is 1.29 bits per heavy atom. The van der Waals surface area contributed by atoms with Crippen molar-refractivity contribution in [3.63, 3.8) is 0 Å². The van der Waals surface area contributed by atoms with Gasteiger partial charge in [-0.25, -0.2) is 9.18 Å². The fourth-order valence-electron chi connectivity index (χ4n) is 1.70. The van der Waals surface area contributed by atoms with E-state index < -0.39 is 5.97 Å². The van der Waals surface area contributed by atoms with Crippen LogP contribution in [-0.2, 0) is 4.79 Å². The lowest BCUT2D eigenvalue weighted by Crippen LogP contribution is -1.91. The van der Waals surface area contributed by atoms with Crippen LogP contribution in [-0.4, -0.2) is 11.1 Å². The molecule has 1 N–H and O–H groups in total. The summed E-state index contributed by atoms with van der Waals surface area (Å²) in [4.78, 5) is 10.6. The summed E-state index contributed by atoms with van der Waals surface area (Å²) in [7, 11) is 0. The summed E-state index contributed by atoms with van der Waals surface area (Å²) in [6.45, 7) is 1.65. The highest BCUT2D eigenvalue weighted by Gasteiger charge is 2.06. The summed E-state index contributed by atoms with van der Waals surface area (Å²) in [6.07, 6.45) is 2.48. The number of carboxylic acid groups (broad SMARTS) is 1. The molecule has 0 aromatic heterocycles. The normalized spacial score (nSPS) is 10.8. The third kappa shape index (κ3) is 4.16. The molecule has 0 aliphatic rings. The molecule has 0 fully saturated rings. The highest BCUT2D eigenvalue weighted by Crippen LogP contribution is 2.30. The zero-order valence-electron chi connectivity index (χ0n) is 11.1. The van der Waals surface area contributed by atoms with Crippen molar-refractivity contribution >= 4 is 28.0 Å². The molecule has 0 aliphatic heterocycles. The zero-order valence-corrected chi connectivity index (χ0v) is 12.7. The summed E-state index contributed by atoms with van der Waals surface area (Å²) in [6, 6.07) is 9.67. The van der Waals surface area contributed by atoms with Gasteiger partial charge in [0, 0.05) is 16.1 Å². The zero-order chi connectivity index (χ0) is 15.4. The van der Waals surface area contributed by atoms with Crippen LogP contribution in [0.15, 0.2) is 46.9 Å². The Labute approximate surface area is 129 Å². The Kier molecular flexibility index (Phi) is 4.75. The second kappa shape index (κ2) is 6.54. The van der Waals surface area contributed by atoms with Gasteiger partial charge in [-0.1, -0.05) is 22.0 Å². The monoisotopic (exact) mass is 350 g/mol. The van der Waals surface area contributed by atoms with Gasteiger partial charge in [0.15, 0.2) is 0 Å². The molecule has 0 bridgehead atoms. The molecule has 0 atom stereocenters. The summed E-state index contributed by atoms with van der Waals surface area (Å²) >= 11 is 3.34. The SMILES string of the molecule is Cc1cc(Oc2cc(Br)ccc2/C=C/C(=O)O)ccc1F. The van der Waals surface area contributed by atoms with Crippen molar-refractivity contribution in [3.05, 3.63) is 63.9 Å². The number of carboxylic acids is 1. The average molecular weight is 351 g/mol. The molecule has 0 spiro atoms. The molecule has 108 valence electrons. The summed E-state index contributed by atoms with van der Waals surface area (Å²) < 4.78 is 19.8. The predicted octanol–water partition coefficient (Wildman–Crippen LogP) is 4.79. The number of aryl methyl sites for hydroxylation is 1. The second-order valence-electron chi connectivity index (χ2n) is 4.37. The van der Waals surface area contributed by atoms with Gasteiger partial charge in [0.1, 0.15) is 17.3 Å². The first-order valence-corrected chi connectivity index (χ1v) is 6.89. The fourth-order valence-corrected chi connectivity index (χ4v) is 2.04. The molecular formula is C16H12BrFO3. The van der Waals surface area contributed by atoms with Crippen LogP contribution in [0.2, 0.25) is 0 Å². The standard InChI is InChI=1S/C16H12BrFO3/c1-10-8-13(5-6-14(10)18)21-15-9-12(17)4-2-11(15)3-7-16(19)20/h2-9H,1H3,(H,19,20)/b7-3+. The molecule has 0 saturated heterocycles. The molecule has 21 heavy (non-hydrogen) atoms. The number of hydrogen-bond acceptors (Lipinski definition) is 2. The van der Waals surface area contributed by atoms with Crippen LogP contribution in [0.3, 0.4) is 0 Å². The number of carbonyl (C=O) groups is 1. The highest BCUT2D eigenvalue weighted by atomic mass is 79.9. The van der Waals surface area contributed by atoms with E-state index in [0.717, 1.165) is 10.5 Å². The Hall–Kier alpha value is -2.14. The van der Waals surface area contributed by atoms with E-state index in [1.807, 2.05) is 0 Å². The number of benzene rings is 2. The molecule has 0 radical (unpaired) electrons. The maximum atomic E-state index is 13.3. The summed E-state index contributed by atoms with van der Waals surface area (Å²) in [5, 5.41) is 8.70. The van der Waals surface area contributed by atoms with Crippen LogP contribution < -0.4 is 4.74 Å². The molecule has 2 rings (SSSR count). The third-order valence-electron chi connectivity index (χ3n) is 2.74. The first-order chi connectivity index (χ1) is 9.95. The maximum Gasteiger partial charge on any atom is 0.328 e. The van der Waals surface area contributed by atoms with Gasteiger partial charge in [0.25, 0.3) is 0 Å². The molecule has 2 aromatic rings. The Balaban J connectivity index is 2.35. The molecule has 0 amide bonds. The van der Waals surface area contributed by atoms with E-state index in [4.69, 9.17) is 9.84 Å². The Morgan fingerprint density at radius 2 is 2.05 bits per heavy atom. The van der Waals surface area contributed by atoms with Gasteiger partial charge < -0.3 is 9.84 Å². The van der Waals surface area contributed by atoms with E-state index >= 15 is 0 Å². The lowest BCUT2D eigenvalue weighted by molar-refractivity contribution is -0.131. The molecule has 0 unspecified atom stereocenters. The number of rotatable bonds is 4. The minimum Gasteiger partial charge on any atom is -0.478 e. The minimum absolute atomic E-state index is 0.303. The van der Waals surface area contributed by atoms with E-state index in [1.54, 1.807) is 31.2 Å². The number of halogens is 2. The number of hydrogen-bond donors (Lipinski definition) is 1. The molecule has 0 aliphatic carbocycles. The fraction of sp³-hybridized carbons (Fsp3) is 0.0625. The van der Waals surface area contributed by atoms with Gasteiger partial charge in [0.2, 0.25) is 0 Å².